The van der Waals surface area contributed by atoms with Gasteiger partial charge in [0.2, 0.25) is 0 Å². The Labute approximate surface area is 139 Å². The molecule has 1 aromatic carbocycles. The third-order valence-corrected chi connectivity index (χ3v) is 4.27. The van der Waals surface area contributed by atoms with Crippen LogP contribution in [0.5, 0.6) is 0 Å². The molecule has 0 aliphatic rings. The van der Waals surface area contributed by atoms with Crippen molar-refractivity contribution in [3.8, 4) is 0 Å². The van der Waals surface area contributed by atoms with Crippen LogP contribution in [0.2, 0.25) is 0 Å². The molecule has 0 aliphatic heterocycles. The van der Waals surface area contributed by atoms with Crippen molar-refractivity contribution in [2.75, 3.05) is 0 Å². The van der Waals surface area contributed by atoms with E-state index >= 15 is 0 Å². The fourth-order valence-corrected chi connectivity index (χ4v) is 3.25. The van der Waals surface area contributed by atoms with E-state index in [0.29, 0.717) is 21.8 Å². The van der Waals surface area contributed by atoms with Crippen molar-refractivity contribution in [3.63, 3.8) is 0 Å². The number of nitro benzene ring substituents is 1. The van der Waals surface area contributed by atoms with Crippen molar-refractivity contribution >= 4 is 33.1 Å². The molecule has 2 heterocycles. The Morgan fingerprint density at radius 2 is 2.33 bits per heavy atom. The Morgan fingerprint density at radius 1 is 1.54 bits per heavy atom. The van der Waals surface area contributed by atoms with Gasteiger partial charge in [0.1, 0.15) is 5.76 Å². The molecule has 9 heteroatoms. The van der Waals surface area contributed by atoms with Gasteiger partial charge >= 0.3 is 5.91 Å². The van der Waals surface area contributed by atoms with Crippen molar-refractivity contribution in [3.05, 3.63) is 63.3 Å². The Kier molecular flexibility index (Phi) is 4.09. The summed E-state index contributed by atoms with van der Waals surface area (Å²) < 4.78 is 7.30. The fourth-order valence-electron chi connectivity index (χ4n) is 2.18. The number of nitro groups is 1. The highest BCUT2D eigenvalue weighted by Crippen LogP contribution is 2.23. The average molecular weight is 344 g/mol. The highest BCUT2D eigenvalue weighted by molar-refractivity contribution is 7.16. The molecule has 0 spiro atoms. The lowest BCUT2D eigenvalue weighted by atomic mass is 10.3. The SMILES string of the molecule is C=CCn1c(=NC(=O)c2cc(C)on2)sc2cc([N+](=O)[O-])ccc21. The lowest BCUT2D eigenvalue weighted by Gasteiger charge is -2.00. The summed E-state index contributed by atoms with van der Waals surface area (Å²) in [5, 5.41) is 14.6. The third kappa shape index (κ3) is 2.88. The zero-order valence-corrected chi connectivity index (χ0v) is 13.4. The fraction of sp³-hybridized carbons (Fsp3) is 0.133. The Balaban J connectivity index is 2.16. The van der Waals surface area contributed by atoms with Crippen LogP contribution in [-0.4, -0.2) is 20.6 Å². The van der Waals surface area contributed by atoms with Crippen molar-refractivity contribution < 1.29 is 14.2 Å². The summed E-state index contributed by atoms with van der Waals surface area (Å²) in [5.41, 5.74) is 0.842. The Morgan fingerprint density at radius 3 is 2.96 bits per heavy atom. The smallest absolute Gasteiger partial charge is 0.301 e. The van der Waals surface area contributed by atoms with E-state index in [9.17, 15) is 14.9 Å². The van der Waals surface area contributed by atoms with Crippen molar-refractivity contribution in [2.24, 2.45) is 4.99 Å². The number of carbonyl (C=O) groups excluding carboxylic acids is 1. The molecule has 0 fully saturated rings. The second-order valence-corrected chi connectivity index (χ2v) is 5.94. The summed E-state index contributed by atoms with van der Waals surface area (Å²) in [6, 6.07) is 6.02. The molecule has 3 aromatic rings. The third-order valence-electron chi connectivity index (χ3n) is 3.23. The molecule has 24 heavy (non-hydrogen) atoms. The van der Waals surface area contributed by atoms with E-state index in [1.807, 2.05) is 0 Å². The summed E-state index contributed by atoms with van der Waals surface area (Å²) in [7, 11) is 0. The van der Waals surface area contributed by atoms with Gasteiger partial charge in [-0.05, 0) is 13.0 Å². The molecule has 3 rings (SSSR count). The zero-order valence-electron chi connectivity index (χ0n) is 12.6. The van der Waals surface area contributed by atoms with Crippen LogP contribution in [0.3, 0.4) is 0 Å². The van der Waals surface area contributed by atoms with Crippen LogP contribution in [-0.2, 0) is 6.54 Å². The lowest BCUT2D eigenvalue weighted by Crippen LogP contribution is -2.16. The highest BCUT2D eigenvalue weighted by atomic mass is 32.1. The second-order valence-electron chi connectivity index (χ2n) is 4.93. The number of hydrogen-bond donors (Lipinski definition) is 0. The molecule has 0 unspecified atom stereocenters. The van der Waals surface area contributed by atoms with E-state index in [0.717, 1.165) is 5.52 Å². The van der Waals surface area contributed by atoms with Gasteiger partial charge in [-0.1, -0.05) is 22.6 Å². The number of fused-ring (bicyclic) bond motifs is 1. The first kappa shape index (κ1) is 15.8. The first-order valence-corrected chi connectivity index (χ1v) is 7.72. The monoisotopic (exact) mass is 344 g/mol. The topological polar surface area (TPSA) is 104 Å². The summed E-state index contributed by atoms with van der Waals surface area (Å²) in [5.74, 6) is -0.0230. The predicted molar refractivity (Wildman–Crippen MR) is 87.8 cm³/mol. The van der Waals surface area contributed by atoms with Crippen LogP contribution in [0.25, 0.3) is 10.2 Å². The van der Waals surface area contributed by atoms with Crippen LogP contribution in [0, 0.1) is 17.0 Å². The molecule has 0 bridgehead atoms. The largest absolute Gasteiger partial charge is 0.361 e. The number of thiazole rings is 1. The Hall–Kier alpha value is -3.07. The van der Waals surface area contributed by atoms with E-state index < -0.39 is 10.8 Å². The normalized spacial score (nSPS) is 11.8. The first-order valence-electron chi connectivity index (χ1n) is 6.90. The van der Waals surface area contributed by atoms with Gasteiger partial charge in [0, 0.05) is 24.7 Å². The maximum Gasteiger partial charge on any atom is 0.301 e. The van der Waals surface area contributed by atoms with Crippen molar-refractivity contribution in [1.82, 2.24) is 9.72 Å². The van der Waals surface area contributed by atoms with Crippen LogP contribution >= 0.6 is 11.3 Å². The number of aromatic nitrogens is 2. The molecular weight excluding hydrogens is 332 g/mol. The second kappa shape index (κ2) is 6.20. The molecular formula is C15H12N4O4S. The molecule has 122 valence electrons. The lowest BCUT2D eigenvalue weighted by molar-refractivity contribution is -0.384. The van der Waals surface area contributed by atoms with Crippen molar-refractivity contribution in [1.29, 1.82) is 0 Å². The van der Waals surface area contributed by atoms with E-state index in [1.54, 1.807) is 23.6 Å². The number of hydrogen-bond acceptors (Lipinski definition) is 6. The Bertz CT molecular complexity index is 1030. The number of non-ortho nitro benzene ring substituents is 1. The number of rotatable bonds is 4. The number of benzene rings is 1. The van der Waals surface area contributed by atoms with Gasteiger partial charge in [-0.25, -0.2) is 0 Å². The number of nitrogens with zero attached hydrogens (tertiary/aromatic N) is 4. The van der Waals surface area contributed by atoms with E-state index in [1.165, 1.54) is 29.5 Å². The maximum atomic E-state index is 12.2. The number of allylic oxidation sites excluding steroid dienone is 1. The van der Waals surface area contributed by atoms with E-state index in [4.69, 9.17) is 4.52 Å². The molecule has 0 atom stereocenters. The van der Waals surface area contributed by atoms with Gasteiger partial charge < -0.3 is 9.09 Å². The van der Waals surface area contributed by atoms with Gasteiger partial charge in [0.25, 0.3) is 5.69 Å². The van der Waals surface area contributed by atoms with Gasteiger partial charge in [0.05, 0.1) is 15.1 Å². The van der Waals surface area contributed by atoms with Gasteiger partial charge in [-0.15, -0.1) is 6.58 Å². The molecule has 2 aromatic heterocycles. The molecule has 0 saturated heterocycles. The summed E-state index contributed by atoms with van der Waals surface area (Å²) in [4.78, 5) is 27.2. The minimum absolute atomic E-state index is 0.0143. The highest BCUT2D eigenvalue weighted by Gasteiger charge is 2.14. The molecule has 0 N–H and O–H groups in total. The van der Waals surface area contributed by atoms with E-state index in [2.05, 4.69) is 16.7 Å². The molecule has 0 radical (unpaired) electrons. The van der Waals surface area contributed by atoms with Crippen LogP contribution in [0.1, 0.15) is 16.2 Å². The quantitative estimate of drug-likeness (QED) is 0.411. The summed E-state index contributed by atoms with van der Waals surface area (Å²) in [6.45, 7) is 5.79. The number of amides is 1. The summed E-state index contributed by atoms with van der Waals surface area (Å²) in [6.07, 6.45) is 1.66. The van der Waals surface area contributed by atoms with Crippen molar-refractivity contribution in [2.45, 2.75) is 13.5 Å². The van der Waals surface area contributed by atoms with Crippen LogP contribution in [0.15, 0.2) is 46.4 Å². The van der Waals surface area contributed by atoms with Gasteiger partial charge in [-0.3, -0.25) is 14.9 Å². The minimum Gasteiger partial charge on any atom is -0.361 e. The van der Waals surface area contributed by atoms with Crippen LogP contribution in [0.4, 0.5) is 5.69 Å². The molecule has 8 nitrogen and oxygen atoms in total. The predicted octanol–water partition coefficient (Wildman–Crippen LogP) is 2.83. The average Bonchev–Trinajstić information content (AvgIpc) is 3.11. The summed E-state index contributed by atoms with van der Waals surface area (Å²) >= 11 is 1.19. The standard InChI is InChI=1S/C15H12N4O4S/c1-3-6-18-12-5-4-10(19(21)22)8-13(12)24-15(18)16-14(20)11-7-9(2)23-17-11/h3-5,7-8H,1,6H2,2H3. The number of aryl methyl sites for hydroxylation is 1. The zero-order chi connectivity index (χ0) is 17.3. The van der Waals surface area contributed by atoms with Crippen LogP contribution < -0.4 is 4.80 Å². The molecule has 0 aliphatic carbocycles. The van der Waals surface area contributed by atoms with Gasteiger partial charge in [-0.2, -0.15) is 4.99 Å². The minimum atomic E-state index is -0.536. The molecule has 0 saturated carbocycles. The molecule has 1 amide bonds. The number of carbonyl (C=O) groups is 1. The maximum absolute atomic E-state index is 12.2. The van der Waals surface area contributed by atoms with Gasteiger partial charge in [0.15, 0.2) is 10.5 Å². The van der Waals surface area contributed by atoms with E-state index in [-0.39, 0.29) is 11.4 Å². The first-order chi connectivity index (χ1) is 11.5.